The second-order valence-electron chi connectivity index (χ2n) is 6.19. The van der Waals surface area contributed by atoms with Gasteiger partial charge in [-0.05, 0) is 32.3 Å². The standard InChI is InChI=1S/C16H22F2N4O2/c1-19-16(24)22-8-11(7-21(2)3)14(9-22)20-15(23)10-4-5-12(17)13(18)6-10/h4-6,11,14H,7-9H2,1-3H3,(H,19,24)(H,20,23)/t11-,14-/m1/s1. The molecule has 6 nitrogen and oxygen atoms in total. The van der Waals surface area contributed by atoms with E-state index in [4.69, 9.17) is 0 Å². The fourth-order valence-corrected chi connectivity index (χ4v) is 2.90. The third kappa shape index (κ3) is 4.19. The smallest absolute Gasteiger partial charge is 0.317 e. The Labute approximate surface area is 139 Å². The van der Waals surface area contributed by atoms with E-state index in [9.17, 15) is 18.4 Å². The van der Waals surface area contributed by atoms with Gasteiger partial charge in [-0.1, -0.05) is 0 Å². The summed E-state index contributed by atoms with van der Waals surface area (Å²) in [7, 11) is 5.38. The van der Waals surface area contributed by atoms with Gasteiger partial charge in [0.05, 0.1) is 6.04 Å². The lowest BCUT2D eigenvalue weighted by molar-refractivity contribution is 0.0926. The molecule has 0 unspecified atom stereocenters. The highest BCUT2D eigenvalue weighted by molar-refractivity contribution is 5.94. The fraction of sp³-hybridized carbons (Fsp3) is 0.500. The molecule has 24 heavy (non-hydrogen) atoms. The highest BCUT2D eigenvalue weighted by Gasteiger charge is 2.36. The Bertz CT molecular complexity index is 624. The molecule has 1 aliphatic heterocycles. The zero-order valence-corrected chi connectivity index (χ0v) is 14.0. The second-order valence-corrected chi connectivity index (χ2v) is 6.19. The first kappa shape index (κ1) is 18.1. The molecular formula is C16H22F2N4O2. The van der Waals surface area contributed by atoms with E-state index in [0.717, 1.165) is 12.1 Å². The van der Waals surface area contributed by atoms with Crippen LogP contribution in [0.2, 0.25) is 0 Å². The molecule has 1 fully saturated rings. The molecule has 0 saturated carbocycles. The first-order valence-electron chi connectivity index (χ1n) is 7.69. The topological polar surface area (TPSA) is 64.7 Å². The molecule has 2 N–H and O–H groups in total. The van der Waals surface area contributed by atoms with Crippen molar-refractivity contribution in [1.29, 1.82) is 0 Å². The zero-order valence-electron chi connectivity index (χ0n) is 14.0. The van der Waals surface area contributed by atoms with Crippen molar-refractivity contribution in [3.8, 4) is 0 Å². The number of hydrogen-bond donors (Lipinski definition) is 2. The summed E-state index contributed by atoms with van der Waals surface area (Å²) in [5.74, 6) is -2.50. The molecule has 0 bridgehead atoms. The van der Waals surface area contributed by atoms with Crippen LogP contribution in [0.4, 0.5) is 13.6 Å². The van der Waals surface area contributed by atoms with Gasteiger partial charge >= 0.3 is 6.03 Å². The van der Waals surface area contributed by atoms with Gasteiger partial charge in [0.1, 0.15) is 0 Å². The Kier molecular flexibility index (Phi) is 5.71. The first-order chi connectivity index (χ1) is 11.3. The van der Waals surface area contributed by atoms with Crippen LogP contribution in [-0.2, 0) is 0 Å². The molecular weight excluding hydrogens is 318 g/mol. The van der Waals surface area contributed by atoms with Crippen molar-refractivity contribution in [2.24, 2.45) is 5.92 Å². The van der Waals surface area contributed by atoms with Gasteiger partial charge in [-0.15, -0.1) is 0 Å². The number of benzene rings is 1. The van der Waals surface area contributed by atoms with E-state index in [0.29, 0.717) is 19.6 Å². The Hall–Kier alpha value is -2.22. The van der Waals surface area contributed by atoms with Crippen molar-refractivity contribution in [3.63, 3.8) is 0 Å². The minimum absolute atomic E-state index is 0.0477. The summed E-state index contributed by atoms with van der Waals surface area (Å²) in [6, 6.07) is 2.57. The van der Waals surface area contributed by atoms with Gasteiger partial charge in [0.25, 0.3) is 5.91 Å². The predicted octanol–water partition coefficient (Wildman–Crippen LogP) is 0.896. The summed E-state index contributed by atoms with van der Waals surface area (Å²) in [4.78, 5) is 27.7. The van der Waals surface area contributed by atoms with Crippen molar-refractivity contribution in [2.45, 2.75) is 6.04 Å². The van der Waals surface area contributed by atoms with Gasteiger partial charge in [-0.3, -0.25) is 4.79 Å². The maximum absolute atomic E-state index is 13.3. The number of rotatable bonds is 4. The number of hydrogen-bond acceptors (Lipinski definition) is 3. The van der Waals surface area contributed by atoms with Gasteiger partial charge in [0.2, 0.25) is 0 Å². The van der Waals surface area contributed by atoms with Crippen LogP contribution >= 0.6 is 0 Å². The molecule has 1 aromatic rings. The average Bonchev–Trinajstić information content (AvgIpc) is 2.91. The van der Waals surface area contributed by atoms with E-state index in [1.807, 2.05) is 19.0 Å². The van der Waals surface area contributed by atoms with Crippen LogP contribution in [0.5, 0.6) is 0 Å². The van der Waals surface area contributed by atoms with Crippen LogP contribution in [0.3, 0.4) is 0 Å². The maximum atomic E-state index is 13.3. The minimum Gasteiger partial charge on any atom is -0.347 e. The zero-order chi connectivity index (χ0) is 17.9. The highest BCUT2D eigenvalue weighted by Crippen LogP contribution is 2.19. The predicted molar refractivity (Wildman–Crippen MR) is 85.7 cm³/mol. The molecule has 1 saturated heterocycles. The number of carbonyl (C=O) groups excluding carboxylic acids is 2. The van der Waals surface area contributed by atoms with Crippen molar-refractivity contribution in [1.82, 2.24) is 20.4 Å². The molecule has 132 valence electrons. The van der Waals surface area contributed by atoms with Gasteiger partial charge in [-0.2, -0.15) is 0 Å². The van der Waals surface area contributed by atoms with Crippen LogP contribution in [-0.4, -0.2) is 68.6 Å². The third-order valence-corrected chi connectivity index (χ3v) is 4.04. The van der Waals surface area contributed by atoms with E-state index < -0.39 is 17.5 Å². The molecule has 2 atom stereocenters. The maximum Gasteiger partial charge on any atom is 0.317 e. The van der Waals surface area contributed by atoms with Crippen LogP contribution in [0.25, 0.3) is 0 Å². The van der Waals surface area contributed by atoms with Crippen LogP contribution in [0.15, 0.2) is 18.2 Å². The molecule has 1 aromatic carbocycles. The number of likely N-dealkylation sites (tertiary alicyclic amines) is 1. The first-order valence-corrected chi connectivity index (χ1v) is 7.69. The largest absolute Gasteiger partial charge is 0.347 e. The number of nitrogens with one attached hydrogen (secondary N) is 2. The van der Waals surface area contributed by atoms with Gasteiger partial charge in [-0.25, -0.2) is 13.6 Å². The summed E-state index contributed by atoms with van der Waals surface area (Å²) in [6.45, 7) is 1.57. The molecule has 1 heterocycles. The number of halogens is 2. The monoisotopic (exact) mass is 340 g/mol. The normalized spacial score (nSPS) is 20.3. The molecule has 0 radical (unpaired) electrons. The molecule has 0 spiro atoms. The molecule has 1 aliphatic rings. The van der Waals surface area contributed by atoms with Gasteiger partial charge < -0.3 is 20.4 Å². The second kappa shape index (κ2) is 7.57. The lowest BCUT2D eigenvalue weighted by Crippen LogP contribution is -2.44. The summed E-state index contributed by atoms with van der Waals surface area (Å²) in [6.07, 6.45) is 0. The molecule has 8 heteroatoms. The van der Waals surface area contributed by atoms with E-state index in [-0.39, 0.29) is 23.6 Å². The Morgan fingerprint density at radius 1 is 1.25 bits per heavy atom. The minimum atomic E-state index is -1.06. The number of nitrogens with zero attached hydrogens (tertiary/aromatic N) is 2. The average molecular weight is 340 g/mol. The SMILES string of the molecule is CNC(=O)N1C[C@@H](CN(C)C)[C@H](NC(=O)c2ccc(F)c(F)c2)C1. The molecule has 0 aromatic heterocycles. The molecule has 3 amide bonds. The fourth-order valence-electron chi connectivity index (χ4n) is 2.90. The van der Waals surface area contributed by atoms with Crippen molar-refractivity contribution < 1.29 is 18.4 Å². The van der Waals surface area contributed by atoms with Crippen LogP contribution in [0.1, 0.15) is 10.4 Å². The van der Waals surface area contributed by atoms with E-state index in [1.54, 1.807) is 11.9 Å². The Morgan fingerprint density at radius 2 is 1.96 bits per heavy atom. The lowest BCUT2D eigenvalue weighted by Gasteiger charge is -2.22. The van der Waals surface area contributed by atoms with E-state index in [1.165, 1.54) is 6.07 Å². The Morgan fingerprint density at radius 3 is 2.54 bits per heavy atom. The Balaban J connectivity index is 2.10. The molecule has 2 rings (SSSR count). The summed E-state index contributed by atoms with van der Waals surface area (Å²) < 4.78 is 26.3. The number of amides is 3. The van der Waals surface area contributed by atoms with Gasteiger partial charge in [0.15, 0.2) is 11.6 Å². The van der Waals surface area contributed by atoms with Crippen molar-refractivity contribution >= 4 is 11.9 Å². The molecule has 0 aliphatic carbocycles. The number of carbonyl (C=O) groups is 2. The van der Waals surface area contributed by atoms with Crippen LogP contribution in [0, 0.1) is 17.6 Å². The summed E-state index contributed by atoms with van der Waals surface area (Å²) in [5, 5.41) is 5.40. The third-order valence-electron chi connectivity index (χ3n) is 4.04. The summed E-state index contributed by atoms with van der Waals surface area (Å²) >= 11 is 0. The van der Waals surface area contributed by atoms with Crippen molar-refractivity contribution in [3.05, 3.63) is 35.4 Å². The highest BCUT2D eigenvalue weighted by atomic mass is 19.2. The number of urea groups is 1. The van der Waals surface area contributed by atoms with Crippen LogP contribution < -0.4 is 10.6 Å². The van der Waals surface area contributed by atoms with Gasteiger partial charge in [0, 0.05) is 38.2 Å². The quantitative estimate of drug-likeness (QED) is 0.856. The summed E-state index contributed by atoms with van der Waals surface area (Å²) in [5.41, 5.74) is 0.0518. The lowest BCUT2D eigenvalue weighted by atomic mass is 10.0. The van der Waals surface area contributed by atoms with E-state index >= 15 is 0 Å². The van der Waals surface area contributed by atoms with Crippen molar-refractivity contribution in [2.75, 3.05) is 40.8 Å². The van der Waals surface area contributed by atoms with E-state index in [2.05, 4.69) is 10.6 Å².